The molecule has 28 heavy (non-hydrogen) atoms. The molecule has 0 bridgehead atoms. The Balaban J connectivity index is 2.04. The van der Waals surface area contributed by atoms with Crippen molar-refractivity contribution in [2.45, 2.75) is 53.8 Å². The number of hydrogen-bond acceptors (Lipinski definition) is 1. The number of benzene rings is 2. The van der Waals surface area contributed by atoms with Crippen molar-refractivity contribution in [3.8, 4) is 22.4 Å². The number of aryl methyl sites for hydroxylation is 1. The summed E-state index contributed by atoms with van der Waals surface area (Å²) in [6.07, 6.45) is 3.24. The Kier molecular flexibility index (Phi) is 5.63. The Morgan fingerprint density at radius 1 is 0.857 bits per heavy atom. The average molecular weight is 388 g/mol. The highest BCUT2D eigenvalue weighted by Gasteiger charge is 2.24. The van der Waals surface area contributed by atoms with Crippen molar-refractivity contribution in [2.75, 3.05) is 0 Å². The summed E-state index contributed by atoms with van der Waals surface area (Å²) >= 11 is 0. The molecule has 146 valence electrons. The second kappa shape index (κ2) is 7.67. The van der Waals surface area contributed by atoms with Crippen LogP contribution >= 0.6 is 0 Å². The minimum absolute atomic E-state index is 0.264. The Hall–Kier alpha value is -2.19. The van der Waals surface area contributed by atoms with Crippen LogP contribution in [0.5, 0.6) is 0 Å². The van der Waals surface area contributed by atoms with Crippen molar-refractivity contribution in [1.29, 1.82) is 0 Å². The van der Waals surface area contributed by atoms with E-state index in [1.165, 1.54) is 33.0 Å². The van der Waals surface area contributed by atoms with E-state index in [0.717, 1.165) is 12.1 Å². The average Bonchev–Trinajstić information content (AvgIpc) is 2.60. The van der Waals surface area contributed by atoms with Crippen LogP contribution < -0.4 is 5.19 Å². The fourth-order valence-corrected chi connectivity index (χ4v) is 5.39. The Morgan fingerprint density at radius 3 is 2.11 bits per heavy atom. The second-order valence-corrected chi connectivity index (χ2v) is 15.1. The molecule has 0 N–H and O–H groups in total. The molecule has 1 heterocycles. The molecule has 3 rings (SSSR count). The molecular weight excluding hydrogens is 354 g/mol. The highest BCUT2D eigenvalue weighted by molar-refractivity contribution is 6.89. The summed E-state index contributed by atoms with van der Waals surface area (Å²) in [4.78, 5) is 4.88. The maximum absolute atomic E-state index is 4.88. The van der Waals surface area contributed by atoms with E-state index in [-0.39, 0.29) is 5.41 Å². The molecule has 0 unspecified atom stereocenters. The lowest BCUT2D eigenvalue weighted by Gasteiger charge is -2.26. The van der Waals surface area contributed by atoms with Crippen molar-refractivity contribution in [3.05, 3.63) is 71.9 Å². The molecule has 0 saturated carbocycles. The molecule has 2 aromatic carbocycles. The van der Waals surface area contributed by atoms with Crippen LogP contribution in [-0.2, 0) is 6.42 Å². The van der Waals surface area contributed by atoms with Gasteiger partial charge in [0.05, 0.1) is 13.8 Å². The summed E-state index contributed by atoms with van der Waals surface area (Å²) < 4.78 is 0. The first-order valence-electron chi connectivity index (χ1n) is 10.2. The minimum Gasteiger partial charge on any atom is -0.256 e. The monoisotopic (exact) mass is 387 g/mol. The Bertz CT molecular complexity index is 960. The Labute approximate surface area is 171 Å². The second-order valence-electron chi connectivity index (χ2n) is 10.1. The topological polar surface area (TPSA) is 12.9 Å². The van der Waals surface area contributed by atoms with Gasteiger partial charge in [0.1, 0.15) is 0 Å². The molecular formula is C26H33NSi. The zero-order chi connectivity index (χ0) is 20.5. The van der Waals surface area contributed by atoms with Gasteiger partial charge in [-0.05, 0) is 58.3 Å². The van der Waals surface area contributed by atoms with Crippen molar-refractivity contribution in [2.24, 2.45) is 5.41 Å². The van der Waals surface area contributed by atoms with E-state index < -0.39 is 8.07 Å². The van der Waals surface area contributed by atoms with Gasteiger partial charge in [0.25, 0.3) is 0 Å². The van der Waals surface area contributed by atoms with Gasteiger partial charge in [-0.3, -0.25) is 4.98 Å². The van der Waals surface area contributed by atoms with E-state index in [2.05, 4.69) is 108 Å². The lowest BCUT2D eigenvalue weighted by Crippen LogP contribution is -2.41. The Morgan fingerprint density at radius 2 is 1.54 bits per heavy atom. The highest BCUT2D eigenvalue weighted by atomic mass is 28.3. The predicted octanol–water partition coefficient (Wildman–Crippen LogP) is 6.86. The minimum atomic E-state index is -1.43. The van der Waals surface area contributed by atoms with Crippen molar-refractivity contribution < 1.29 is 0 Å². The normalized spacial score (nSPS) is 12.2. The fraction of sp³-hybridized carbons (Fsp3) is 0.346. The van der Waals surface area contributed by atoms with Gasteiger partial charge in [0.2, 0.25) is 0 Å². The summed E-state index contributed by atoms with van der Waals surface area (Å²) in [6.45, 7) is 16.4. The third-order valence-electron chi connectivity index (χ3n) is 5.13. The number of nitrogens with zero attached hydrogens (tertiary/aromatic N) is 1. The lowest BCUT2D eigenvalue weighted by molar-refractivity contribution is 0.412. The summed E-state index contributed by atoms with van der Waals surface area (Å²) in [5.74, 6) is 0. The standard InChI is InChI=1S/C26H33NSi/c1-19-15-21(13-14-23(19)20-11-9-8-10-12-20)24-16-22(17-26(2,3)4)25(18-27-24)28(5,6)7/h8-16,18H,17H2,1-7H3. The zero-order valence-electron chi connectivity index (χ0n) is 18.4. The molecule has 0 aliphatic heterocycles. The van der Waals surface area contributed by atoms with E-state index in [1.54, 1.807) is 0 Å². The number of rotatable bonds is 4. The van der Waals surface area contributed by atoms with Crippen LogP contribution in [0.3, 0.4) is 0 Å². The van der Waals surface area contributed by atoms with Gasteiger partial charge in [-0.2, -0.15) is 0 Å². The molecule has 1 aromatic heterocycles. The molecule has 0 aliphatic carbocycles. The molecule has 0 aliphatic rings. The molecule has 0 radical (unpaired) electrons. The lowest BCUT2D eigenvalue weighted by atomic mass is 9.88. The van der Waals surface area contributed by atoms with Gasteiger partial charge < -0.3 is 0 Å². The van der Waals surface area contributed by atoms with Crippen molar-refractivity contribution in [1.82, 2.24) is 4.98 Å². The zero-order valence-corrected chi connectivity index (χ0v) is 19.4. The van der Waals surface area contributed by atoms with Crippen LogP contribution in [0.4, 0.5) is 0 Å². The molecule has 0 atom stereocenters. The van der Waals surface area contributed by atoms with E-state index in [1.807, 2.05) is 0 Å². The van der Waals surface area contributed by atoms with Crippen LogP contribution in [-0.4, -0.2) is 13.1 Å². The molecule has 0 amide bonds. The van der Waals surface area contributed by atoms with Gasteiger partial charge in [-0.1, -0.05) is 82.9 Å². The SMILES string of the molecule is Cc1cc(-c2cc(CC(C)(C)C)c([Si](C)(C)C)cn2)ccc1-c1ccccc1. The maximum Gasteiger partial charge on any atom is 0.0799 e. The quantitative estimate of drug-likeness (QED) is 0.446. The van der Waals surface area contributed by atoms with Crippen LogP contribution in [0.1, 0.15) is 31.9 Å². The highest BCUT2D eigenvalue weighted by Crippen LogP contribution is 2.29. The van der Waals surface area contributed by atoms with Crippen molar-refractivity contribution in [3.63, 3.8) is 0 Å². The van der Waals surface area contributed by atoms with E-state index >= 15 is 0 Å². The molecule has 3 aromatic rings. The molecule has 0 saturated heterocycles. The third kappa shape index (κ3) is 4.80. The fourth-order valence-electron chi connectivity index (χ4n) is 3.81. The number of hydrogen-bond donors (Lipinski definition) is 0. The van der Waals surface area contributed by atoms with Gasteiger partial charge >= 0.3 is 0 Å². The summed E-state index contributed by atoms with van der Waals surface area (Å²) in [5.41, 5.74) is 7.87. The van der Waals surface area contributed by atoms with Crippen LogP contribution in [0.15, 0.2) is 60.8 Å². The first-order valence-corrected chi connectivity index (χ1v) is 13.7. The van der Waals surface area contributed by atoms with Gasteiger partial charge in [-0.15, -0.1) is 0 Å². The van der Waals surface area contributed by atoms with Crippen LogP contribution in [0.25, 0.3) is 22.4 Å². The van der Waals surface area contributed by atoms with E-state index in [9.17, 15) is 0 Å². The van der Waals surface area contributed by atoms with Gasteiger partial charge in [0, 0.05) is 11.8 Å². The first-order chi connectivity index (χ1) is 13.0. The first kappa shape index (κ1) is 20.5. The molecule has 0 fully saturated rings. The molecule has 1 nitrogen and oxygen atoms in total. The number of aromatic nitrogens is 1. The van der Waals surface area contributed by atoms with Crippen LogP contribution in [0.2, 0.25) is 19.6 Å². The van der Waals surface area contributed by atoms with Crippen LogP contribution in [0, 0.1) is 12.3 Å². The summed E-state index contributed by atoms with van der Waals surface area (Å²) in [5, 5.41) is 1.49. The third-order valence-corrected chi connectivity index (χ3v) is 7.19. The van der Waals surface area contributed by atoms with Crippen molar-refractivity contribution >= 4 is 13.3 Å². The molecule has 2 heteroatoms. The predicted molar refractivity (Wildman–Crippen MR) is 126 cm³/mol. The smallest absolute Gasteiger partial charge is 0.0799 e. The van der Waals surface area contributed by atoms with Gasteiger partial charge in [0.15, 0.2) is 0 Å². The number of pyridine rings is 1. The van der Waals surface area contributed by atoms with Gasteiger partial charge in [-0.25, -0.2) is 0 Å². The maximum atomic E-state index is 4.88. The van der Waals surface area contributed by atoms with E-state index in [4.69, 9.17) is 4.98 Å². The molecule has 0 spiro atoms. The summed E-state index contributed by atoms with van der Waals surface area (Å²) in [7, 11) is -1.43. The summed E-state index contributed by atoms with van der Waals surface area (Å²) in [6, 6.07) is 19.7. The largest absolute Gasteiger partial charge is 0.256 e. The van der Waals surface area contributed by atoms with E-state index in [0.29, 0.717) is 0 Å².